The van der Waals surface area contributed by atoms with Crippen molar-refractivity contribution in [2.75, 3.05) is 25.0 Å². The minimum absolute atomic E-state index is 0.0391. The average Bonchev–Trinajstić information content (AvgIpc) is 2.46. The van der Waals surface area contributed by atoms with E-state index >= 15 is 0 Å². The summed E-state index contributed by atoms with van der Waals surface area (Å²) in [6, 6.07) is 0.0391. The van der Waals surface area contributed by atoms with E-state index in [4.69, 9.17) is 4.74 Å². The van der Waals surface area contributed by atoms with Crippen LogP contribution in [0.2, 0.25) is 0 Å². The van der Waals surface area contributed by atoms with Gasteiger partial charge in [0.1, 0.15) is 5.60 Å². The molecule has 0 N–H and O–H groups in total. The largest absolute Gasteiger partial charge is 0.444 e. The third kappa shape index (κ3) is 5.04. The van der Waals surface area contributed by atoms with Crippen LogP contribution in [0.15, 0.2) is 12.4 Å². The topological polar surface area (TPSA) is 58.6 Å². The second kappa shape index (κ2) is 7.10. The standard InChI is InChI=1S/C16H25FN4O2/c1-16(2,3)23-15(22)21-8-6-5-7-13(21)11-20(4)14-18-9-12(17)10-19-14/h9-10,13H,5-8,11H2,1-4H3/t13-/m0/s1. The van der Waals surface area contributed by atoms with Crippen molar-refractivity contribution in [2.24, 2.45) is 0 Å². The molecule has 0 aliphatic carbocycles. The van der Waals surface area contributed by atoms with E-state index in [2.05, 4.69) is 9.97 Å². The fourth-order valence-electron chi connectivity index (χ4n) is 2.65. The number of nitrogens with zero attached hydrogens (tertiary/aromatic N) is 4. The molecule has 1 fully saturated rings. The summed E-state index contributed by atoms with van der Waals surface area (Å²) in [5, 5.41) is 0. The van der Waals surface area contributed by atoms with E-state index in [9.17, 15) is 9.18 Å². The second-order valence-corrected chi connectivity index (χ2v) is 6.91. The van der Waals surface area contributed by atoms with Gasteiger partial charge >= 0.3 is 6.09 Å². The molecular formula is C16H25FN4O2. The van der Waals surface area contributed by atoms with Crippen LogP contribution in [0, 0.1) is 5.82 Å². The fourth-order valence-corrected chi connectivity index (χ4v) is 2.65. The number of hydrogen-bond donors (Lipinski definition) is 0. The van der Waals surface area contributed by atoms with Crippen molar-refractivity contribution in [3.63, 3.8) is 0 Å². The number of amides is 1. The molecular weight excluding hydrogens is 299 g/mol. The first-order valence-electron chi connectivity index (χ1n) is 7.94. The third-order valence-electron chi connectivity index (χ3n) is 3.69. The maximum Gasteiger partial charge on any atom is 0.410 e. The van der Waals surface area contributed by atoms with Gasteiger partial charge in [-0.1, -0.05) is 0 Å². The highest BCUT2D eigenvalue weighted by Crippen LogP contribution is 2.21. The zero-order chi connectivity index (χ0) is 17.0. The summed E-state index contributed by atoms with van der Waals surface area (Å²) in [5.74, 6) is -0.0173. The van der Waals surface area contributed by atoms with Gasteiger partial charge in [0.25, 0.3) is 0 Å². The molecule has 0 spiro atoms. The zero-order valence-electron chi connectivity index (χ0n) is 14.3. The van der Waals surface area contributed by atoms with E-state index < -0.39 is 11.4 Å². The summed E-state index contributed by atoms with van der Waals surface area (Å²) in [6.07, 6.45) is 4.96. The Morgan fingerprint density at radius 3 is 2.65 bits per heavy atom. The molecule has 0 unspecified atom stereocenters. The Kier molecular flexibility index (Phi) is 5.38. The van der Waals surface area contributed by atoms with Crippen LogP contribution in [-0.4, -0.2) is 52.7 Å². The minimum atomic E-state index is -0.509. The lowest BCUT2D eigenvalue weighted by Gasteiger charge is -2.38. The summed E-state index contributed by atoms with van der Waals surface area (Å²) in [6.45, 7) is 6.87. The number of likely N-dealkylation sites (tertiary alicyclic amines) is 1. The van der Waals surface area contributed by atoms with Gasteiger partial charge in [-0.05, 0) is 40.0 Å². The molecule has 0 aromatic carbocycles. The van der Waals surface area contributed by atoms with Crippen LogP contribution < -0.4 is 4.90 Å². The maximum absolute atomic E-state index is 12.9. The predicted molar refractivity (Wildman–Crippen MR) is 85.8 cm³/mol. The maximum atomic E-state index is 12.9. The van der Waals surface area contributed by atoms with Crippen molar-refractivity contribution in [3.05, 3.63) is 18.2 Å². The van der Waals surface area contributed by atoms with E-state index in [0.29, 0.717) is 19.0 Å². The van der Waals surface area contributed by atoms with Crippen LogP contribution in [0.25, 0.3) is 0 Å². The fraction of sp³-hybridized carbons (Fsp3) is 0.688. The van der Waals surface area contributed by atoms with Gasteiger partial charge in [0.15, 0.2) is 5.82 Å². The third-order valence-corrected chi connectivity index (χ3v) is 3.69. The van der Waals surface area contributed by atoms with E-state index in [0.717, 1.165) is 31.7 Å². The molecule has 1 aromatic rings. The molecule has 0 bridgehead atoms. The SMILES string of the molecule is CN(C[C@@H]1CCCCN1C(=O)OC(C)(C)C)c1ncc(F)cn1. The summed E-state index contributed by atoms with van der Waals surface area (Å²) >= 11 is 0. The number of carbonyl (C=O) groups is 1. The second-order valence-electron chi connectivity index (χ2n) is 6.91. The Hall–Kier alpha value is -1.92. The van der Waals surface area contributed by atoms with Crippen molar-refractivity contribution in [2.45, 2.75) is 51.7 Å². The van der Waals surface area contributed by atoms with Crippen LogP contribution in [0.5, 0.6) is 0 Å². The highest BCUT2D eigenvalue weighted by atomic mass is 19.1. The molecule has 0 saturated carbocycles. The van der Waals surface area contributed by atoms with Crippen LogP contribution in [0.3, 0.4) is 0 Å². The number of anilines is 1. The molecule has 6 nitrogen and oxygen atoms in total. The van der Waals surface area contributed by atoms with Crippen molar-refractivity contribution in [3.8, 4) is 0 Å². The number of carbonyl (C=O) groups excluding carboxylic acids is 1. The van der Waals surface area contributed by atoms with Crippen LogP contribution >= 0.6 is 0 Å². The Morgan fingerprint density at radius 1 is 1.39 bits per heavy atom. The smallest absolute Gasteiger partial charge is 0.410 e. The van der Waals surface area contributed by atoms with Crippen molar-refractivity contribution >= 4 is 12.0 Å². The minimum Gasteiger partial charge on any atom is -0.444 e. The monoisotopic (exact) mass is 324 g/mol. The lowest BCUT2D eigenvalue weighted by molar-refractivity contribution is 0.0108. The highest BCUT2D eigenvalue weighted by Gasteiger charge is 2.31. The van der Waals surface area contributed by atoms with Gasteiger partial charge in [-0.3, -0.25) is 0 Å². The van der Waals surface area contributed by atoms with E-state index in [1.165, 1.54) is 0 Å². The molecule has 128 valence electrons. The van der Waals surface area contributed by atoms with Gasteiger partial charge in [-0.25, -0.2) is 19.2 Å². The van der Waals surface area contributed by atoms with Crippen LogP contribution in [0.4, 0.5) is 15.1 Å². The predicted octanol–water partition coefficient (Wildman–Crippen LogP) is 2.84. The lowest BCUT2D eigenvalue weighted by atomic mass is 10.0. The molecule has 2 rings (SSSR count). The Balaban J connectivity index is 2.03. The van der Waals surface area contributed by atoms with Gasteiger partial charge < -0.3 is 14.5 Å². The Morgan fingerprint density at radius 2 is 2.04 bits per heavy atom. The summed E-state index contributed by atoms with van der Waals surface area (Å²) in [7, 11) is 1.84. The first-order valence-corrected chi connectivity index (χ1v) is 7.94. The normalized spacial score (nSPS) is 18.7. The van der Waals surface area contributed by atoms with E-state index in [-0.39, 0.29) is 12.1 Å². The van der Waals surface area contributed by atoms with E-state index in [1.54, 1.807) is 4.90 Å². The number of halogens is 1. The lowest BCUT2D eigenvalue weighted by Crippen LogP contribution is -2.50. The van der Waals surface area contributed by atoms with Gasteiger partial charge in [-0.2, -0.15) is 0 Å². The van der Waals surface area contributed by atoms with Crippen molar-refractivity contribution < 1.29 is 13.9 Å². The number of rotatable bonds is 3. The summed E-state index contributed by atoms with van der Waals surface area (Å²) < 4.78 is 18.4. The molecule has 0 radical (unpaired) electrons. The molecule has 1 amide bonds. The van der Waals surface area contributed by atoms with Crippen LogP contribution in [-0.2, 0) is 4.74 Å². The number of ether oxygens (including phenoxy) is 1. The van der Waals surface area contributed by atoms with Gasteiger partial charge in [0.05, 0.1) is 18.4 Å². The molecule has 1 atom stereocenters. The molecule has 1 aliphatic rings. The van der Waals surface area contributed by atoms with Crippen LogP contribution in [0.1, 0.15) is 40.0 Å². The number of likely N-dealkylation sites (N-methyl/N-ethyl adjacent to an activating group) is 1. The number of piperidine rings is 1. The molecule has 1 aromatic heterocycles. The van der Waals surface area contributed by atoms with Gasteiger partial charge in [0, 0.05) is 20.1 Å². The Bertz CT molecular complexity index is 530. The average molecular weight is 324 g/mol. The molecule has 23 heavy (non-hydrogen) atoms. The van der Waals surface area contributed by atoms with Gasteiger partial charge in [-0.15, -0.1) is 0 Å². The number of aromatic nitrogens is 2. The quantitative estimate of drug-likeness (QED) is 0.856. The first kappa shape index (κ1) is 17.4. The molecule has 7 heteroatoms. The van der Waals surface area contributed by atoms with Crippen molar-refractivity contribution in [1.82, 2.24) is 14.9 Å². The Labute approximate surface area is 136 Å². The summed E-state index contributed by atoms with van der Waals surface area (Å²) in [5.41, 5.74) is -0.509. The van der Waals surface area contributed by atoms with Crippen molar-refractivity contribution in [1.29, 1.82) is 0 Å². The zero-order valence-corrected chi connectivity index (χ0v) is 14.3. The first-order chi connectivity index (χ1) is 10.8. The highest BCUT2D eigenvalue weighted by molar-refractivity contribution is 5.68. The molecule has 2 heterocycles. The van der Waals surface area contributed by atoms with Gasteiger partial charge in [0.2, 0.25) is 5.95 Å². The molecule has 1 saturated heterocycles. The number of hydrogen-bond acceptors (Lipinski definition) is 5. The summed E-state index contributed by atoms with van der Waals surface area (Å²) in [4.78, 5) is 24.0. The molecule has 1 aliphatic heterocycles. The van der Waals surface area contributed by atoms with E-state index in [1.807, 2.05) is 32.7 Å².